The average Bonchev–Trinajstić information content (AvgIpc) is 2.46. The predicted octanol–water partition coefficient (Wildman–Crippen LogP) is 2.92. The van der Waals surface area contributed by atoms with Crippen LogP contribution in [0.4, 0.5) is 5.69 Å². The van der Waals surface area contributed by atoms with Gasteiger partial charge in [-0.1, -0.05) is 41.9 Å². The molecule has 1 aromatic carbocycles. The standard InChI is InChI=1S/C14H12ClN3O3/c1-17(9-10-5-3-2-4-6-10)14(19)11-7-8-16-13(15)12(11)18(20)21/h2-8H,9H2,1H3. The summed E-state index contributed by atoms with van der Waals surface area (Å²) < 4.78 is 0. The molecule has 21 heavy (non-hydrogen) atoms. The Hall–Kier alpha value is -2.47. The topological polar surface area (TPSA) is 76.3 Å². The third kappa shape index (κ3) is 3.35. The van der Waals surface area contributed by atoms with Gasteiger partial charge in [0.1, 0.15) is 5.56 Å². The van der Waals surface area contributed by atoms with E-state index in [1.165, 1.54) is 17.2 Å². The van der Waals surface area contributed by atoms with E-state index in [0.29, 0.717) is 6.54 Å². The number of amides is 1. The molecule has 0 N–H and O–H groups in total. The summed E-state index contributed by atoms with van der Waals surface area (Å²) in [5, 5.41) is 10.7. The Morgan fingerprint density at radius 1 is 1.33 bits per heavy atom. The van der Waals surface area contributed by atoms with Crippen LogP contribution in [0.25, 0.3) is 0 Å². The highest BCUT2D eigenvalue weighted by atomic mass is 35.5. The Balaban J connectivity index is 2.28. The maximum Gasteiger partial charge on any atom is 0.319 e. The smallest absolute Gasteiger partial charge is 0.319 e. The summed E-state index contributed by atoms with van der Waals surface area (Å²) in [7, 11) is 1.58. The van der Waals surface area contributed by atoms with E-state index in [-0.39, 0.29) is 10.7 Å². The lowest BCUT2D eigenvalue weighted by atomic mass is 10.1. The maximum atomic E-state index is 12.4. The fraction of sp³-hybridized carbons (Fsp3) is 0.143. The molecule has 0 saturated carbocycles. The average molecular weight is 306 g/mol. The number of carbonyl (C=O) groups excluding carboxylic acids is 1. The molecular formula is C14H12ClN3O3. The highest BCUT2D eigenvalue weighted by Crippen LogP contribution is 2.27. The predicted molar refractivity (Wildman–Crippen MR) is 78.1 cm³/mol. The summed E-state index contributed by atoms with van der Waals surface area (Å²) in [4.78, 5) is 27.7. The first kappa shape index (κ1) is 14.9. The Morgan fingerprint density at radius 2 is 2.00 bits per heavy atom. The van der Waals surface area contributed by atoms with Crippen molar-refractivity contribution in [2.24, 2.45) is 0 Å². The van der Waals surface area contributed by atoms with Crippen LogP contribution in [0, 0.1) is 10.1 Å². The summed E-state index contributed by atoms with van der Waals surface area (Å²) in [6, 6.07) is 10.6. The fourth-order valence-electron chi connectivity index (χ4n) is 1.91. The van der Waals surface area contributed by atoms with Gasteiger partial charge in [-0.05, 0) is 11.6 Å². The number of carbonyl (C=O) groups is 1. The van der Waals surface area contributed by atoms with Gasteiger partial charge in [-0.15, -0.1) is 0 Å². The molecular weight excluding hydrogens is 294 g/mol. The molecule has 2 aromatic rings. The quantitative estimate of drug-likeness (QED) is 0.494. The van der Waals surface area contributed by atoms with Crippen molar-refractivity contribution in [1.82, 2.24) is 9.88 Å². The lowest BCUT2D eigenvalue weighted by molar-refractivity contribution is -0.385. The number of halogens is 1. The number of nitro groups is 1. The van der Waals surface area contributed by atoms with E-state index in [4.69, 9.17) is 11.6 Å². The zero-order valence-corrected chi connectivity index (χ0v) is 11.9. The van der Waals surface area contributed by atoms with Crippen molar-refractivity contribution in [3.05, 3.63) is 69.0 Å². The highest BCUT2D eigenvalue weighted by molar-refractivity contribution is 6.32. The van der Waals surface area contributed by atoms with Crippen molar-refractivity contribution in [1.29, 1.82) is 0 Å². The number of hydrogen-bond donors (Lipinski definition) is 0. The summed E-state index contributed by atoms with van der Waals surface area (Å²) in [5.41, 5.74) is 0.388. The molecule has 1 amide bonds. The highest BCUT2D eigenvalue weighted by Gasteiger charge is 2.26. The first-order valence-corrected chi connectivity index (χ1v) is 6.46. The molecule has 0 aliphatic heterocycles. The van der Waals surface area contributed by atoms with Gasteiger partial charge < -0.3 is 4.90 Å². The van der Waals surface area contributed by atoms with E-state index in [0.717, 1.165) is 5.56 Å². The Morgan fingerprint density at radius 3 is 2.62 bits per heavy atom. The van der Waals surface area contributed by atoms with E-state index in [1.807, 2.05) is 30.3 Å². The van der Waals surface area contributed by atoms with Crippen LogP contribution < -0.4 is 0 Å². The summed E-state index contributed by atoms with van der Waals surface area (Å²) in [6.45, 7) is 0.344. The van der Waals surface area contributed by atoms with Crippen LogP contribution in [0.2, 0.25) is 5.15 Å². The molecule has 7 heteroatoms. The second kappa shape index (κ2) is 6.32. The monoisotopic (exact) mass is 305 g/mol. The van der Waals surface area contributed by atoms with Crippen LogP contribution in [0.3, 0.4) is 0 Å². The second-order valence-corrected chi connectivity index (χ2v) is 4.76. The van der Waals surface area contributed by atoms with E-state index in [9.17, 15) is 14.9 Å². The lowest BCUT2D eigenvalue weighted by Gasteiger charge is -2.17. The summed E-state index contributed by atoms with van der Waals surface area (Å²) in [5.74, 6) is -0.477. The number of hydrogen-bond acceptors (Lipinski definition) is 4. The molecule has 0 fully saturated rings. The van der Waals surface area contributed by atoms with Crippen molar-refractivity contribution < 1.29 is 9.72 Å². The number of rotatable bonds is 4. The molecule has 1 aromatic heterocycles. The zero-order valence-electron chi connectivity index (χ0n) is 11.2. The largest absolute Gasteiger partial charge is 0.337 e. The first-order chi connectivity index (χ1) is 10.0. The molecule has 0 saturated heterocycles. The van der Waals surface area contributed by atoms with Crippen LogP contribution in [-0.2, 0) is 6.54 Å². The number of pyridine rings is 1. The van der Waals surface area contributed by atoms with Crippen LogP contribution in [0.15, 0.2) is 42.6 Å². The zero-order chi connectivity index (χ0) is 15.4. The molecule has 0 aliphatic carbocycles. The Labute approximate surface area is 126 Å². The maximum absolute atomic E-state index is 12.4. The van der Waals surface area contributed by atoms with Gasteiger partial charge in [0.2, 0.25) is 5.15 Å². The Bertz CT molecular complexity index is 676. The van der Waals surface area contributed by atoms with Gasteiger partial charge in [0.25, 0.3) is 5.91 Å². The van der Waals surface area contributed by atoms with Crippen LogP contribution in [0.1, 0.15) is 15.9 Å². The van der Waals surface area contributed by atoms with E-state index < -0.39 is 16.5 Å². The van der Waals surface area contributed by atoms with Crippen LogP contribution in [-0.4, -0.2) is 27.8 Å². The normalized spacial score (nSPS) is 10.2. The third-order valence-electron chi connectivity index (χ3n) is 2.90. The van der Waals surface area contributed by atoms with Gasteiger partial charge in [-0.3, -0.25) is 14.9 Å². The van der Waals surface area contributed by atoms with Crippen molar-refractivity contribution >= 4 is 23.2 Å². The molecule has 2 rings (SSSR count). The summed E-state index contributed by atoms with van der Waals surface area (Å²) in [6.07, 6.45) is 1.28. The SMILES string of the molecule is CN(Cc1ccccc1)C(=O)c1ccnc(Cl)c1[N+](=O)[O-]. The van der Waals surface area contributed by atoms with E-state index in [1.54, 1.807) is 7.05 Å². The van der Waals surface area contributed by atoms with Gasteiger partial charge in [0.05, 0.1) is 4.92 Å². The first-order valence-electron chi connectivity index (χ1n) is 6.09. The fourth-order valence-corrected chi connectivity index (χ4v) is 2.14. The van der Waals surface area contributed by atoms with Crippen LogP contribution in [0.5, 0.6) is 0 Å². The molecule has 0 aliphatic rings. The molecule has 108 valence electrons. The molecule has 0 atom stereocenters. The molecule has 0 unspecified atom stereocenters. The van der Waals surface area contributed by atoms with Crippen molar-refractivity contribution in [2.45, 2.75) is 6.54 Å². The lowest BCUT2D eigenvalue weighted by Crippen LogP contribution is -2.27. The number of benzene rings is 1. The third-order valence-corrected chi connectivity index (χ3v) is 3.18. The Kier molecular flexibility index (Phi) is 4.49. The second-order valence-electron chi connectivity index (χ2n) is 4.40. The minimum Gasteiger partial charge on any atom is -0.337 e. The number of aromatic nitrogens is 1. The molecule has 6 nitrogen and oxygen atoms in total. The van der Waals surface area contributed by atoms with Gasteiger partial charge in [-0.25, -0.2) is 4.98 Å². The van der Waals surface area contributed by atoms with Crippen molar-refractivity contribution in [3.8, 4) is 0 Å². The number of nitrogens with zero attached hydrogens (tertiary/aromatic N) is 3. The minimum atomic E-state index is -0.696. The van der Waals surface area contributed by atoms with Gasteiger partial charge in [0.15, 0.2) is 0 Å². The van der Waals surface area contributed by atoms with Crippen LogP contribution >= 0.6 is 11.6 Å². The molecule has 0 radical (unpaired) electrons. The van der Waals surface area contributed by atoms with Gasteiger partial charge in [-0.2, -0.15) is 0 Å². The van der Waals surface area contributed by atoms with Gasteiger partial charge >= 0.3 is 5.69 Å². The molecule has 0 bridgehead atoms. The molecule has 0 spiro atoms. The van der Waals surface area contributed by atoms with E-state index >= 15 is 0 Å². The van der Waals surface area contributed by atoms with Crippen molar-refractivity contribution in [2.75, 3.05) is 7.05 Å². The van der Waals surface area contributed by atoms with Gasteiger partial charge in [0, 0.05) is 19.8 Å². The van der Waals surface area contributed by atoms with E-state index in [2.05, 4.69) is 4.98 Å². The minimum absolute atomic E-state index is 0.0709. The summed E-state index contributed by atoms with van der Waals surface area (Å²) >= 11 is 5.71. The van der Waals surface area contributed by atoms with Crippen molar-refractivity contribution in [3.63, 3.8) is 0 Å². The molecule has 1 heterocycles.